The number of benzene rings is 1. The second-order valence-electron chi connectivity index (χ2n) is 9.81. The van der Waals surface area contributed by atoms with Gasteiger partial charge in [-0.15, -0.1) is 0 Å². The zero-order chi connectivity index (χ0) is 19.4. The van der Waals surface area contributed by atoms with Crippen LogP contribution in [-0.2, 0) is 11.3 Å². The number of epoxide rings is 1. The summed E-state index contributed by atoms with van der Waals surface area (Å²) in [5.41, 5.74) is 8.12. The third-order valence-corrected chi connectivity index (χ3v) is 7.61. The van der Waals surface area contributed by atoms with E-state index in [1.165, 1.54) is 42.4 Å². The van der Waals surface area contributed by atoms with Gasteiger partial charge in [0, 0.05) is 13.1 Å². The molecule has 1 spiro atoms. The first kappa shape index (κ1) is 18.4. The van der Waals surface area contributed by atoms with Crippen molar-refractivity contribution < 1.29 is 4.74 Å². The third kappa shape index (κ3) is 2.93. The molecule has 3 atom stereocenters. The SMILES string of the molecule is CC(C)C1=C2C3=CC=C(CNCc4ccccc4)C[C@@H]4O[C@@]34CC[C@@]2(C)CC1. The molecule has 1 aliphatic heterocycles. The van der Waals surface area contributed by atoms with Crippen LogP contribution in [0.4, 0.5) is 0 Å². The van der Waals surface area contributed by atoms with Crippen molar-refractivity contribution in [2.24, 2.45) is 11.3 Å². The summed E-state index contributed by atoms with van der Waals surface area (Å²) < 4.78 is 6.45. The number of fused-ring (bicyclic) bond motifs is 2. The van der Waals surface area contributed by atoms with Gasteiger partial charge in [-0.2, -0.15) is 0 Å². The molecule has 0 amide bonds. The molecule has 1 heterocycles. The van der Waals surface area contributed by atoms with Gasteiger partial charge in [0.1, 0.15) is 5.60 Å². The molecule has 0 unspecified atom stereocenters. The molecule has 0 bridgehead atoms. The number of hydrogen-bond acceptors (Lipinski definition) is 2. The Kier molecular flexibility index (Phi) is 4.41. The largest absolute Gasteiger partial charge is 0.361 e. The molecule has 4 aliphatic rings. The first-order valence-corrected chi connectivity index (χ1v) is 11.1. The number of ether oxygens (including phenoxy) is 1. The Morgan fingerprint density at radius 3 is 2.68 bits per heavy atom. The zero-order valence-electron chi connectivity index (χ0n) is 17.6. The summed E-state index contributed by atoms with van der Waals surface area (Å²) in [6, 6.07) is 10.7. The first-order chi connectivity index (χ1) is 13.5. The maximum Gasteiger partial charge on any atom is 0.120 e. The molecule has 0 radical (unpaired) electrons. The van der Waals surface area contributed by atoms with Crippen LogP contribution in [0.5, 0.6) is 0 Å². The van der Waals surface area contributed by atoms with Crippen LogP contribution in [-0.4, -0.2) is 18.2 Å². The van der Waals surface area contributed by atoms with Gasteiger partial charge in [-0.05, 0) is 60.1 Å². The molecule has 148 valence electrons. The number of nitrogens with one attached hydrogen (secondary N) is 1. The van der Waals surface area contributed by atoms with Crippen LogP contribution in [0.2, 0.25) is 0 Å². The van der Waals surface area contributed by atoms with Crippen molar-refractivity contribution in [2.75, 3.05) is 6.54 Å². The maximum absolute atomic E-state index is 6.45. The molecule has 2 heteroatoms. The summed E-state index contributed by atoms with van der Waals surface area (Å²) in [5.74, 6) is 0.643. The lowest BCUT2D eigenvalue weighted by Gasteiger charge is -2.39. The topological polar surface area (TPSA) is 24.6 Å². The fraction of sp³-hybridized carbons (Fsp3) is 0.538. The molecule has 1 saturated carbocycles. The molecule has 1 N–H and O–H groups in total. The van der Waals surface area contributed by atoms with Crippen LogP contribution in [0, 0.1) is 11.3 Å². The molecule has 3 aliphatic carbocycles. The predicted molar refractivity (Wildman–Crippen MR) is 115 cm³/mol. The zero-order valence-corrected chi connectivity index (χ0v) is 17.6. The van der Waals surface area contributed by atoms with Crippen LogP contribution in [0.3, 0.4) is 0 Å². The van der Waals surface area contributed by atoms with Crippen LogP contribution < -0.4 is 5.32 Å². The van der Waals surface area contributed by atoms with Crippen molar-refractivity contribution in [1.29, 1.82) is 0 Å². The van der Waals surface area contributed by atoms with Gasteiger partial charge in [0.2, 0.25) is 0 Å². The van der Waals surface area contributed by atoms with E-state index in [1.807, 2.05) is 0 Å². The molecular weight excluding hydrogens is 342 g/mol. The van der Waals surface area contributed by atoms with Crippen LogP contribution in [0.15, 0.2) is 64.8 Å². The number of allylic oxidation sites excluding steroid dienone is 3. The van der Waals surface area contributed by atoms with E-state index in [0.29, 0.717) is 17.4 Å². The molecular formula is C26H33NO. The normalized spacial score (nSPS) is 33.6. The van der Waals surface area contributed by atoms with Crippen molar-refractivity contribution in [3.05, 3.63) is 70.3 Å². The van der Waals surface area contributed by atoms with Crippen LogP contribution in [0.1, 0.15) is 58.4 Å². The number of hydrogen-bond donors (Lipinski definition) is 1. The summed E-state index contributed by atoms with van der Waals surface area (Å²) in [6.07, 6.45) is 11.4. The fourth-order valence-corrected chi connectivity index (χ4v) is 5.89. The van der Waals surface area contributed by atoms with Gasteiger partial charge in [0.25, 0.3) is 0 Å². The van der Waals surface area contributed by atoms with Gasteiger partial charge in [0.05, 0.1) is 6.10 Å². The van der Waals surface area contributed by atoms with Crippen molar-refractivity contribution >= 4 is 0 Å². The molecule has 1 aromatic rings. The number of rotatable bonds is 5. The van der Waals surface area contributed by atoms with E-state index in [0.717, 1.165) is 19.5 Å². The van der Waals surface area contributed by atoms with Gasteiger partial charge in [0.15, 0.2) is 0 Å². The van der Waals surface area contributed by atoms with Crippen LogP contribution >= 0.6 is 0 Å². The molecule has 5 rings (SSSR count). The Labute approximate surface area is 169 Å². The third-order valence-electron chi connectivity index (χ3n) is 7.61. The minimum absolute atomic E-state index is 0.0248. The van der Waals surface area contributed by atoms with Gasteiger partial charge in [-0.1, -0.05) is 74.4 Å². The van der Waals surface area contributed by atoms with Gasteiger partial charge < -0.3 is 10.1 Å². The maximum atomic E-state index is 6.45. The lowest BCUT2D eigenvalue weighted by molar-refractivity contribution is 0.235. The van der Waals surface area contributed by atoms with E-state index in [-0.39, 0.29) is 5.60 Å². The second-order valence-corrected chi connectivity index (χ2v) is 9.81. The average molecular weight is 376 g/mol. The Morgan fingerprint density at radius 1 is 1.07 bits per heavy atom. The minimum atomic E-state index is 0.0248. The smallest absolute Gasteiger partial charge is 0.120 e. The highest BCUT2D eigenvalue weighted by Gasteiger charge is 2.64. The monoisotopic (exact) mass is 375 g/mol. The van der Waals surface area contributed by atoms with Gasteiger partial charge >= 0.3 is 0 Å². The van der Waals surface area contributed by atoms with E-state index < -0.39 is 0 Å². The summed E-state index contributed by atoms with van der Waals surface area (Å²) in [7, 11) is 0. The van der Waals surface area contributed by atoms with Crippen LogP contribution in [0.25, 0.3) is 0 Å². The molecule has 28 heavy (non-hydrogen) atoms. The summed E-state index contributed by atoms with van der Waals surface area (Å²) in [4.78, 5) is 0. The van der Waals surface area contributed by atoms with Crippen molar-refractivity contribution in [3.63, 3.8) is 0 Å². The quantitative estimate of drug-likeness (QED) is 0.666. The van der Waals surface area contributed by atoms with E-state index >= 15 is 0 Å². The van der Waals surface area contributed by atoms with E-state index in [4.69, 9.17) is 4.74 Å². The van der Waals surface area contributed by atoms with E-state index in [2.05, 4.69) is 68.6 Å². The lowest BCUT2D eigenvalue weighted by Crippen LogP contribution is -2.34. The highest BCUT2D eigenvalue weighted by Crippen LogP contribution is 2.65. The molecule has 2 fully saturated rings. The van der Waals surface area contributed by atoms with Gasteiger partial charge in [-0.3, -0.25) is 0 Å². The lowest BCUT2D eigenvalue weighted by atomic mass is 9.64. The molecule has 2 nitrogen and oxygen atoms in total. The van der Waals surface area contributed by atoms with E-state index in [1.54, 1.807) is 11.1 Å². The second kappa shape index (κ2) is 6.71. The highest BCUT2D eigenvalue weighted by atomic mass is 16.6. The Morgan fingerprint density at radius 2 is 1.89 bits per heavy atom. The molecule has 0 aromatic heterocycles. The molecule has 1 saturated heterocycles. The van der Waals surface area contributed by atoms with Crippen molar-refractivity contribution in [1.82, 2.24) is 5.32 Å². The summed E-state index contributed by atoms with van der Waals surface area (Å²) in [5, 5.41) is 3.63. The Hall–Kier alpha value is -1.64. The average Bonchev–Trinajstić information content (AvgIpc) is 3.27. The summed E-state index contributed by atoms with van der Waals surface area (Å²) in [6.45, 7) is 9.10. The van der Waals surface area contributed by atoms with Crippen molar-refractivity contribution in [3.8, 4) is 0 Å². The highest BCUT2D eigenvalue weighted by molar-refractivity contribution is 5.56. The Balaban J connectivity index is 1.39. The Bertz CT molecular complexity index is 862. The predicted octanol–water partition coefficient (Wildman–Crippen LogP) is 5.72. The first-order valence-electron chi connectivity index (χ1n) is 11.1. The van der Waals surface area contributed by atoms with Gasteiger partial charge in [-0.25, -0.2) is 0 Å². The standard InChI is InChI=1S/C26H33NO/c1-18(2)21-11-12-25(3)13-14-26-22(24(21)25)10-9-20(15-23(26)28-26)17-27-16-19-7-5-4-6-8-19/h4-10,18,23,27H,11-17H2,1-3H3/t23-,25+,26-/m0/s1. The molecule has 1 aromatic carbocycles. The van der Waals surface area contributed by atoms with Crippen molar-refractivity contribution in [2.45, 2.75) is 71.1 Å². The summed E-state index contributed by atoms with van der Waals surface area (Å²) >= 11 is 0. The fourth-order valence-electron chi connectivity index (χ4n) is 5.89. The van der Waals surface area contributed by atoms with E-state index in [9.17, 15) is 0 Å². The minimum Gasteiger partial charge on any atom is -0.361 e.